The van der Waals surface area contributed by atoms with Gasteiger partial charge in [-0.3, -0.25) is 9.59 Å². The molecule has 1 amide bonds. The van der Waals surface area contributed by atoms with Crippen molar-refractivity contribution in [1.29, 1.82) is 0 Å². The van der Waals surface area contributed by atoms with Crippen molar-refractivity contribution in [3.8, 4) is 23.0 Å². The Morgan fingerprint density at radius 3 is 1.55 bits per heavy atom. The average Bonchev–Trinajstić information content (AvgIpc) is 3.03. The van der Waals surface area contributed by atoms with E-state index in [0.29, 0.717) is 62.0 Å². The van der Waals surface area contributed by atoms with Crippen LogP contribution in [0, 0.1) is 0 Å². The summed E-state index contributed by atoms with van der Waals surface area (Å²) in [4.78, 5) is 36.7. The van der Waals surface area contributed by atoms with Gasteiger partial charge in [0.1, 0.15) is 57.5 Å². The first kappa shape index (κ1) is 32.7. The van der Waals surface area contributed by atoms with E-state index >= 15 is 0 Å². The first-order chi connectivity index (χ1) is 22.4. The number of carbonyl (C=O) groups excluding carboxylic acids is 1. The van der Waals surface area contributed by atoms with Crippen molar-refractivity contribution in [2.45, 2.75) is 39.7 Å². The Morgan fingerprint density at radius 1 is 0.681 bits per heavy atom. The Kier molecular flexibility index (Phi) is 9.55. The molecule has 0 radical (unpaired) electrons. The van der Waals surface area contributed by atoms with Crippen molar-refractivity contribution in [3.05, 3.63) is 93.2 Å². The van der Waals surface area contributed by atoms with Crippen LogP contribution in [0.3, 0.4) is 0 Å². The molecule has 0 saturated heterocycles. The van der Waals surface area contributed by atoms with E-state index in [1.54, 1.807) is 69.3 Å². The summed E-state index contributed by atoms with van der Waals surface area (Å²) in [6.07, 6.45) is 0.381. The summed E-state index contributed by atoms with van der Waals surface area (Å²) in [7, 11) is 0. The molecule has 6 rings (SSSR count). The Morgan fingerprint density at radius 2 is 1.11 bits per heavy atom. The van der Waals surface area contributed by atoms with Crippen LogP contribution in [0.4, 0.5) is 4.79 Å². The average molecular weight is 642 g/mol. The molecule has 11 nitrogen and oxygen atoms in total. The molecule has 6 aromatic rings. The molecular weight excluding hydrogens is 606 g/mol. The van der Waals surface area contributed by atoms with E-state index < -0.39 is 11.7 Å². The highest BCUT2D eigenvalue weighted by Crippen LogP contribution is 2.26. The Balaban J connectivity index is 0.000000214. The van der Waals surface area contributed by atoms with Gasteiger partial charge in [-0.1, -0.05) is 6.92 Å². The van der Waals surface area contributed by atoms with Crippen molar-refractivity contribution < 1.29 is 38.1 Å². The van der Waals surface area contributed by atoms with E-state index in [0.717, 1.165) is 6.42 Å². The quantitative estimate of drug-likeness (QED) is 0.122. The lowest BCUT2D eigenvalue weighted by Crippen LogP contribution is -2.34. The van der Waals surface area contributed by atoms with Crippen molar-refractivity contribution in [2.24, 2.45) is 0 Å². The maximum Gasteiger partial charge on any atom is 0.407 e. The molecule has 0 atom stereocenters. The van der Waals surface area contributed by atoms with Crippen molar-refractivity contribution >= 4 is 50.0 Å². The zero-order chi connectivity index (χ0) is 33.7. The molecule has 0 bridgehead atoms. The second-order valence-corrected chi connectivity index (χ2v) is 11.7. The summed E-state index contributed by atoms with van der Waals surface area (Å²) in [5.41, 5.74) is 0.831. The third kappa shape index (κ3) is 7.93. The van der Waals surface area contributed by atoms with Crippen molar-refractivity contribution in [3.63, 3.8) is 0 Å². The number of benzene rings is 4. The monoisotopic (exact) mass is 641 g/mol. The number of phenols is 2. The smallest absolute Gasteiger partial charge is 0.407 e. The minimum atomic E-state index is -0.554. The summed E-state index contributed by atoms with van der Waals surface area (Å²) >= 11 is 0. The van der Waals surface area contributed by atoms with Crippen LogP contribution in [-0.2, 0) is 4.74 Å². The number of alkyl carbamates (subject to hydrolysis) is 1. The summed E-state index contributed by atoms with van der Waals surface area (Å²) in [6, 6.07) is 19.0. The molecule has 0 unspecified atom stereocenters. The molecule has 0 saturated carbocycles. The molecule has 244 valence electrons. The molecule has 11 heteroatoms. The van der Waals surface area contributed by atoms with E-state index in [-0.39, 0.29) is 35.5 Å². The van der Waals surface area contributed by atoms with Crippen LogP contribution in [0.1, 0.15) is 34.1 Å². The summed E-state index contributed by atoms with van der Waals surface area (Å²) in [5.74, 6) is 1.16. The van der Waals surface area contributed by atoms with E-state index in [1.165, 1.54) is 24.3 Å². The first-order valence-corrected chi connectivity index (χ1v) is 15.0. The standard InChI is InChI=1S/C23H27NO6.C13H8O4/c1-5-11-27-15-6-8-19-17(13-15)21(25)18-14-16(7-9-20(18)29-19)28-12-10-24-22(26)30-23(2,3)4;14-7-1-3-11-9(5-7)13(16)10-6-8(15)2-4-12(10)17-11/h6-9,13-14H,5,10-12H2,1-4H3,(H,24,26);1-6,14-15H. The SMILES string of the molecule is CCCOc1ccc2oc3ccc(OCCNC(=O)OC(C)(C)C)cc3c(=O)c2c1.O=c1c2cc(O)ccc2oc2ccc(O)cc12. The van der Waals surface area contributed by atoms with Gasteiger partial charge in [-0.15, -0.1) is 0 Å². The topological polar surface area (TPSA) is 158 Å². The van der Waals surface area contributed by atoms with Gasteiger partial charge in [-0.05, 0) is 100.0 Å². The van der Waals surface area contributed by atoms with Crippen LogP contribution < -0.4 is 25.6 Å². The van der Waals surface area contributed by atoms with E-state index in [2.05, 4.69) is 5.32 Å². The van der Waals surface area contributed by atoms with Gasteiger partial charge in [0.05, 0.1) is 34.7 Å². The zero-order valence-corrected chi connectivity index (χ0v) is 26.4. The fourth-order valence-electron chi connectivity index (χ4n) is 4.68. The normalized spacial score (nSPS) is 11.3. The van der Waals surface area contributed by atoms with Crippen LogP contribution in [-0.4, -0.2) is 41.7 Å². The molecule has 0 aliphatic rings. The lowest BCUT2D eigenvalue weighted by Gasteiger charge is -2.19. The highest BCUT2D eigenvalue weighted by molar-refractivity contribution is 5.92. The van der Waals surface area contributed by atoms with Crippen LogP contribution in [0.25, 0.3) is 43.9 Å². The largest absolute Gasteiger partial charge is 0.508 e. The molecule has 0 fully saturated rings. The first-order valence-electron chi connectivity index (χ1n) is 15.0. The van der Waals surface area contributed by atoms with Crippen molar-refractivity contribution in [1.82, 2.24) is 5.32 Å². The lowest BCUT2D eigenvalue weighted by molar-refractivity contribution is 0.0520. The molecule has 3 N–H and O–H groups in total. The maximum absolute atomic E-state index is 13.0. The van der Waals surface area contributed by atoms with Crippen molar-refractivity contribution in [2.75, 3.05) is 19.8 Å². The van der Waals surface area contributed by atoms with Gasteiger partial charge in [0.15, 0.2) is 0 Å². The minimum absolute atomic E-state index is 0.00398. The number of nitrogens with one attached hydrogen (secondary N) is 1. The number of ether oxygens (including phenoxy) is 3. The molecule has 4 aromatic carbocycles. The van der Waals surface area contributed by atoms with Crippen LogP contribution in [0.15, 0.2) is 91.2 Å². The van der Waals surface area contributed by atoms with E-state index in [1.807, 2.05) is 6.92 Å². The minimum Gasteiger partial charge on any atom is -0.508 e. The number of aromatic hydroxyl groups is 2. The Labute approximate surface area is 268 Å². The predicted octanol–water partition coefficient (Wildman–Crippen LogP) is 7.00. The molecule has 0 aliphatic heterocycles. The summed E-state index contributed by atoms with van der Waals surface area (Å²) in [5, 5.41) is 22.8. The Hall–Kier alpha value is -5.71. The van der Waals surface area contributed by atoms with Gasteiger partial charge in [-0.25, -0.2) is 4.79 Å². The lowest BCUT2D eigenvalue weighted by atomic mass is 10.1. The number of hydrogen-bond acceptors (Lipinski definition) is 10. The number of hydrogen-bond donors (Lipinski definition) is 3. The molecule has 2 heterocycles. The third-order valence-corrected chi connectivity index (χ3v) is 6.76. The van der Waals surface area contributed by atoms with Crippen LogP contribution in [0.2, 0.25) is 0 Å². The maximum atomic E-state index is 13.0. The van der Waals surface area contributed by atoms with Gasteiger partial charge in [0.25, 0.3) is 0 Å². The van der Waals surface area contributed by atoms with Gasteiger partial charge in [0, 0.05) is 0 Å². The highest BCUT2D eigenvalue weighted by Gasteiger charge is 2.16. The van der Waals surface area contributed by atoms with Gasteiger partial charge in [-0.2, -0.15) is 0 Å². The highest BCUT2D eigenvalue weighted by atomic mass is 16.6. The molecule has 0 spiro atoms. The Bertz CT molecular complexity index is 2130. The third-order valence-electron chi connectivity index (χ3n) is 6.76. The summed E-state index contributed by atoms with van der Waals surface area (Å²) < 4.78 is 27.8. The van der Waals surface area contributed by atoms with Crippen LogP contribution in [0.5, 0.6) is 23.0 Å². The van der Waals surface area contributed by atoms with Gasteiger partial charge in [0.2, 0.25) is 10.9 Å². The number of carbonyl (C=O) groups is 1. The van der Waals surface area contributed by atoms with Gasteiger partial charge < -0.3 is 38.6 Å². The summed E-state index contributed by atoms with van der Waals surface area (Å²) in [6.45, 7) is 8.51. The molecule has 0 aliphatic carbocycles. The number of amides is 1. The van der Waals surface area contributed by atoms with E-state index in [9.17, 15) is 24.6 Å². The van der Waals surface area contributed by atoms with Crippen LogP contribution >= 0.6 is 0 Å². The van der Waals surface area contributed by atoms with E-state index in [4.69, 9.17) is 23.0 Å². The second-order valence-electron chi connectivity index (χ2n) is 11.7. The van der Waals surface area contributed by atoms with Gasteiger partial charge >= 0.3 is 6.09 Å². The number of rotatable bonds is 7. The fraction of sp³-hybridized carbons (Fsp3) is 0.250. The predicted molar refractivity (Wildman–Crippen MR) is 179 cm³/mol. The molecular formula is C36H35NO10. The second kappa shape index (κ2) is 13.7. The molecule has 47 heavy (non-hydrogen) atoms. The molecule has 2 aromatic heterocycles. The number of fused-ring (bicyclic) bond motifs is 4. The fourth-order valence-corrected chi connectivity index (χ4v) is 4.68. The zero-order valence-electron chi connectivity index (χ0n) is 26.4. The number of phenolic OH excluding ortho intramolecular Hbond substituents is 2.